The molecule has 2 unspecified atom stereocenters. The van der Waals surface area contributed by atoms with Gasteiger partial charge >= 0.3 is 0 Å². The van der Waals surface area contributed by atoms with Crippen LogP contribution in [0.5, 0.6) is 0 Å². The maximum atomic E-state index is 5.67. The second-order valence-corrected chi connectivity index (χ2v) is 6.86. The molecule has 1 aromatic carbocycles. The van der Waals surface area contributed by atoms with Gasteiger partial charge in [-0.3, -0.25) is 0 Å². The van der Waals surface area contributed by atoms with Crippen molar-refractivity contribution in [3.05, 3.63) is 35.9 Å². The molecule has 5 rings (SSSR count). The Balaban J connectivity index is 1.79. The second-order valence-electron chi connectivity index (χ2n) is 6.39. The Kier molecular flexibility index (Phi) is 2.06. The first-order valence-corrected chi connectivity index (χ1v) is 7.27. The first kappa shape index (κ1) is 10.3. The van der Waals surface area contributed by atoms with Crippen LogP contribution >= 0.6 is 12.2 Å². The van der Waals surface area contributed by atoms with Crippen molar-refractivity contribution in [2.24, 2.45) is 17.8 Å². The number of benzene rings is 1. The fraction of sp³-hybridized carbons (Fsp3) is 0.562. The summed E-state index contributed by atoms with van der Waals surface area (Å²) in [6, 6.07) is 11.2. The fourth-order valence-corrected chi connectivity index (χ4v) is 5.25. The van der Waals surface area contributed by atoms with Crippen molar-refractivity contribution in [1.82, 2.24) is 0 Å². The third kappa shape index (κ3) is 1.38. The molecule has 0 saturated heterocycles. The van der Waals surface area contributed by atoms with E-state index in [9.17, 15) is 0 Å². The molecule has 4 saturated carbocycles. The molecule has 88 valence electrons. The molecule has 0 heterocycles. The number of thiocarbonyl (C=S) groups is 1. The smallest absolute Gasteiger partial charge is 0.000883 e. The minimum atomic E-state index is 0.486. The van der Waals surface area contributed by atoms with Gasteiger partial charge in [0.2, 0.25) is 0 Å². The van der Waals surface area contributed by atoms with E-state index in [2.05, 4.69) is 30.3 Å². The van der Waals surface area contributed by atoms with Gasteiger partial charge in [0.1, 0.15) is 0 Å². The van der Waals surface area contributed by atoms with Gasteiger partial charge in [-0.1, -0.05) is 42.5 Å². The van der Waals surface area contributed by atoms with Crippen molar-refractivity contribution >= 4 is 17.1 Å². The molecule has 0 spiro atoms. The Bertz CT molecular complexity index is 444. The molecule has 4 aliphatic rings. The Morgan fingerprint density at radius 2 is 1.59 bits per heavy atom. The zero-order chi connectivity index (χ0) is 11.5. The Morgan fingerprint density at radius 1 is 0.941 bits per heavy atom. The van der Waals surface area contributed by atoms with E-state index in [0.717, 1.165) is 17.8 Å². The second kappa shape index (κ2) is 3.41. The van der Waals surface area contributed by atoms with E-state index in [4.69, 9.17) is 12.2 Å². The highest BCUT2D eigenvalue weighted by molar-refractivity contribution is 7.80. The van der Waals surface area contributed by atoms with Crippen LogP contribution in [0.1, 0.15) is 37.7 Å². The number of rotatable bonds is 1. The van der Waals surface area contributed by atoms with Gasteiger partial charge in [0.05, 0.1) is 0 Å². The molecule has 4 fully saturated rings. The van der Waals surface area contributed by atoms with Gasteiger partial charge in [-0.25, -0.2) is 0 Å². The van der Waals surface area contributed by atoms with Gasteiger partial charge in [0.15, 0.2) is 0 Å². The topological polar surface area (TPSA) is 0 Å². The summed E-state index contributed by atoms with van der Waals surface area (Å²) in [5.74, 6) is 2.48. The zero-order valence-electron chi connectivity index (χ0n) is 10.1. The van der Waals surface area contributed by atoms with E-state index in [-0.39, 0.29) is 0 Å². The lowest BCUT2D eigenvalue weighted by molar-refractivity contribution is 0.0781. The third-order valence-corrected chi connectivity index (χ3v) is 6.05. The average molecular weight is 242 g/mol. The van der Waals surface area contributed by atoms with Crippen LogP contribution in [0.15, 0.2) is 30.3 Å². The highest BCUT2D eigenvalue weighted by atomic mass is 32.1. The van der Waals surface area contributed by atoms with Gasteiger partial charge in [0, 0.05) is 0 Å². The average Bonchev–Trinajstić information content (AvgIpc) is 2.36. The highest BCUT2D eigenvalue weighted by Crippen LogP contribution is 2.59. The van der Waals surface area contributed by atoms with Crippen LogP contribution < -0.4 is 0 Å². The van der Waals surface area contributed by atoms with Gasteiger partial charge in [-0.15, -0.1) is 0 Å². The summed E-state index contributed by atoms with van der Waals surface area (Å²) < 4.78 is 0. The Labute approximate surface area is 108 Å². The molecule has 2 atom stereocenters. The predicted molar refractivity (Wildman–Crippen MR) is 74.3 cm³/mol. The minimum absolute atomic E-state index is 0.486. The van der Waals surface area contributed by atoms with Crippen LogP contribution in [-0.2, 0) is 5.41 Å². The summed E-state index contributed by atoms with van der Waals surface area (Å²) in [6.07, 6.45) is 6.88. The van der Waals surface area contributed by atoms with Crippen LogP contribution in [-0.4, -0.2) is 4.86 Å². The molecule has 1 heteroatoms. The molecule has 0 aliphatic heterocycles. The maximum Gasteiger partial charge on any atom is -0.000883 e. The van der Waals surface area contributed by atoms with Crippen molar-refractivity contribution in [1.29, 1.82) is 0 Å². The van der Waals surface area contributed by atoms with E-state index in [0.29, 0.717) is 5.41 Å². The largest absolute Gasteiger partial charge is 0.0891 e. The summed E-state index contributed by atoms with van der Waals surface area (Å²) in [6.45, 7) is 0. The summed E-state index contributed by atoms with van der Waals surface area (Å²) >= 11 is 5.67. The van der Waals surface area contributed by atoms with Crippen molar-refractivity contribution in [2.45, 2.75) is 37.5 Å². The zero-order valence-corrected chi connectivity index (χ0v) is 10.9. The molecule has 0 radical (unpaired) electrons. The molecule has 4 bridgehead atoms. The fourth-order valence-electron chi connectivity index (χ4n) is 4.89. The van der Waals surface area contributed by atoms with E-state index < -0.39 is 0 Å². The van der Waals surface area contributed by atoms with E-state index in [1.807, 2.05) is 0 Å². The Morgan fingerprint density at radius 3 is 2.24 bits per heavy atom. The van der Waals surface area contributed by atoms with Gasteiger partial charge < -0.3 is 0 Å². The van der Waals surface area contributed by atoms with Crippen LogP contribution in [0, 0.1) is 17.8 Å². The molecule has 0 aromatic heterocycles. The standard InChI is InChI=1S/C16H18S/c17-15-12-6-11-7-13(15)10-16(8-11,9-12)14-4-2-1-3-5-14/h1-5,11-13H,6-10H2. The molecule has 17 heavy (non-hydrogen) atoms. The lowest BCUT2D eigenvalue weighted by Crippen LogP contribution is -2.52. The summed E-state index contributed by atoms with van der Waals surface area (Å²) in [5.41, 5.74) is 2.07. The van der Waals surface area contributed by atoms with Crippen molar-refractivity contribution in [3.8, 4) is 0 Å². The summed E-state index contributed by atoms with van der Waals surface area (Å²) in [7, 11) is 0. The van der Waals surface area contributed by atoms with Crippen LogP contribution in [0.3, 0.4) is 0 Å². The lowest BCUT2D eigenvalue weighted by atomic mass is 9.48. The van der Waals surface area contributed by atoms with Crippen molar-refractivity contribution in [3.63, 3.8) is 0 Å². The van der Waals surface area contributed by atoms with Crippen LogP contribution in [0.2, 0.25) is 0 Å². The highest BCUT2D eigenvalue weighted by Gasteiger charge is 2.53. The normalized spacial score (nSPS) is 43.1. The number of hydrogen-bond acceptors (Lipinski definition) is 1. The molecule has 0 N–H and O–H groups in total. The van der Waals surface area contributed by atoms with E-state index in [1.54, 1.807) is 5.56 Å². The summed E-state index contributed by atoms with van der Waals surface area (Å²) in [5, 5.41) is 0. The first-order chi connectivity index (χ1) is 8.27. The van der Waals surface area contributed by atoms with E-state index >= 15 is 0 Å². The van der Waals surface area contributed by atoms with Gasteiger partial charge in [0.25, 0.3) is 0 Å². The van der Waals surface area contributed by atoms with Crippen molar-refractivity contribution < 1.29 is 0 Å². The predicted octanol–water partition coefficient (Wildman–Crippen LogP) is 4.13. The minimum Gasteiger partial charge on any atom is -0.0891 e. The molecule has 4 aliphatic carbocycles. The van der Waals surface area contributed by atoms with Gasteiger partial charge in [-0.05, 0) is 65.7 Å². The Hall–Kier alpha value is -0.690. The maximum absolute atomic E-state index is 5.67. The van der Waals surface area contributed by atoms with Crippen molar-refractivity contribution in [2.75, 3.05) is 0 Å². The number of hydrogen-bond donors (Lipinski definition) is 0. The third-order valence-electron chi connectivity index (χ3n) is 5.38. The monoisotopic (exact) mass is 242 g/mol. The quantitative estimate of drug-likeness (QED) is 0.667. The SMILES string of the molecule is S=C1C2CC3CC1CC(c1ccccc1)(C3)C2. The molecular weight excluding hydrogens is 224 g/mol. The summed E-state index contributed by atoms with van der Waals surface area (Å²) in [4.78, 5) is 1.42. The van der Waals surface area contributed by atoms with E-state index in [1.165, 1.54) is 37.0 Å². The molecule has 0 nitrogen and oxygen atoms in total. The molecular formula is C16H18S. The van der Waals surface area contributed by atoms with Crippen LogP contribution in [0.4, 0.5) is 0 Å². The van der Waals surface area contributed by atoms with Crippen LogP contribution in [0.25, 0.3) is 0 Å². The van der Waals surface area contributed by atoms with Gasteiger partial charge in [-0.2, -0.15) is 0 Å². The lowest BCUT2D eigenvalue weighted by Gasteiger charge is -2.57. The molecule has 0 amide bonds. The first-order valence-electron chi connectivity index (χ1n) is 6.86. The molecule has 1 aromatic rings.